The number of esters is 1. The molecule has 3 nitrogen and oxygen atoms in total. The normalized spacial score (nSPS) is 10.3. The Bertz CT molecular complexity index is 674. The Morgan fingerprint density at radius 3 is 2.57 bits per heavy atom. The lowest BCUT2D eigenvalue weighted by atomic mass is 10.1. The minimum Gasteiger partial charge on any atom is -0.488 e. The van der Waals surface area contributed by atoms with Crippen molar-refractivity contribution in [3.63, 3.8) is 0 Å². The molecular formula is C15H11Br2FO3. The molecule has 0 radical (unpaired) electrons. The molecule has 0 aromatic heterocycles. The Hall–Kier alpha value is -1.40. The van der Waals surface area contributed by atoms with E-state index in [4.69, 9.17) is 4.74 Å². The zero-order chi connectivity index (χ0) is 15.4. The Labute approximate surface area is 138 Å². The highest BCUT2D eigenvalue weighted by Crippen LogP contribution is 2.27. The lowest BCUT2D eigenvalue weighted by Gasteiger charge is -2.10. The first-order valence-electron chi connectivity index (χ1n) is 5.96. The zero-order valence-electron chi connectivity index (χ0n) is 11.0. The molecule has 2 rings (SSSR count). The maximum absolute atomic E-state index is 13.2. The second-order valence-corrected chi connectivity index (χ2v) is 5.87. The fraction of sp³-hybridized carbons (Fsp3) is 0.133. The van der Waals surface area contributed by atoms with E-state index in [2.05, 4.69) is 36.6 Å². The number of halogens is 3. The first-order valence-corrected chi connectivity index (χ1v) is 7.54. The third kappa shape index (κ3) is 4.04. The standard InChI is InChI=1S/C15H11Br2FO3/c1-20-15(19)9-2-3-10(13(17)6-9)8-21-14-7-11(18)4-5-12(14)16/h2-7H,8H2,1H3. The predicted molar refractivity (Wildman–Crippen MR) is 83.9 cm³/mol. The van der Waals surface area contributed by atoms with E-state index in [9.17, 15) is 9.18 Å². The SMILES string of the molecule is COC(=O)c1ccc(COc2cc(F)ccc2Br)c(Br)c1. The first kappa shape index (κ1) is 16.0. The molecule has 6 heteroatoms. The predicted octanol–water partition coefficient (Wildman–Crippen LogP) is 4.72. The molecule has 0 heterocycles. The minimum absolute atomic E-state index is 0.240. The molecule has 0 aliphatic carbocycles. The van der Waals surface area contributed by atoms with Crippen molar-refractivity contribution in [2.75, 3.05) is 7.11 Å². The van der Waals surface area contributed by atoms with E-state index < -0.39 is 5.97 Å². The van der Waals surface area contributed by atoms with Crippen LogP contribution in [0.25, 0.3) is 0 Å². The molecule has 0 unspecified atom stereocenters. The van der Waals surface area contributed by atoms with Crippen LogP contribution in [0.15, 0.2) is 45.3 Å². The Morgan fingerprint density at radius 2 is 1.90 bits per heavy atom. The molecule has 0 bridgehead atoms. The van der Waals surface area contributed by atoms with Crippen molar-refractivity contribution in [1.29, 1.82) is 0 Å². The van der Waals surface area contributed by atoms with Gasteiger partial charge in [-0.15, -0.1) is 0 Å². The molecule has 0 spiro atoms. The summed E-state index contributed by atoms with van der Waals surface area (Å²) in [5.74, 6) is -0.358. The third-order valence-corrected chi connectivity index (χ3v) is 4.14. The number of benzene rings is 2. The third-order valence-electron chi connectivity index (χ3n) is 2.75. The number of carbonyl (C=O) groups excluding carboxylic acids is 1. The molecule has 2 aromatic rings. The van der Waals surface area contributed by atoms with Crippen molar-refractivity contribution in [1.82, 2.24) is 0 Å². The summed E-state index contributed by atoms with van der Waals surface area (Å²) in [6.07, 6.45) is 0. The first-order chi connectivity index (χ1) is 10.0. The van der Waals surface area contributed by atoms with Crippen LogP contribution in [0.4, 0.5) is 4.39 Å². The van der Waals surface area contributed by atoms with Gasteiger partial charge < -0.3 is 9.47 Å². The van der Waals surface area contributed by atoms with E-state index in [1.807, 2.05) is 0 Å². The lowest BCUT2D eigenvalue weighted by Crippen LogP contribution is -2.03. The van der Waals surface area contributed by atoms with Crippen molar-refractivity contribution in [2.45, 2.75) is 6.61 Å². The molecule has 0 saturated heterocycles. The number of rotatable bonds is 4. The van der Waals surface area contributed by atoms with Gasteiger partial charge in [-0.1, -0.05) is 22.0 Å². The van der Waals surface area contributed by atoms with Gasteiger partial charge in [-0.2, -0.15) is 0 Å². The van der Waals surface area contributed by atoms with Crippen molar-refractivity contribution >= 4 is 37.8 Å². The van der Waals surface area contributed by atoms with Crippen LogP contribution in [0.2, 0.25) is 0 Å². The summed E-state index contributed by atoms with van der Waals surface area (Å²) in [5.41, 5.74) is 1.28. The van der Waals surface area contributed by atoms with Crippen molar-refractivity contribution in [3.05, 3.63) is 62.3 Å². The molecule has 0 aliphatic rings. The summed E-state index contributed by atoms with van der Waals surface area (Å²) in [6, 6.07) is 9.30. The molecule has 0 N–H and O–H groups in total. The van der Waals surface area contributed by atoms with Crippen molar-refractivity contribution in [3.8, 4) is 5.75 Å². The quantitative estimate of drug-likeness (QED) is 0.675. The average Bonchev–Trinajstić information content (AvgIpc) is 2.48. The summed E-state index contributed by atoms with van der Waals surface area (Å²) < 4.78 is 24.8. The van der Waals surface area contributed by atoms with E-state index in [0.29, 0.717) is 15.8 Å². The molecule has 110 valence electrons. The fourth-order valence-electron chi connectivity index (χ4n) is 1.65. The minimum atomic E-state index is -0.406. The van der Waals surface area contributed by atoms with Crippen LogP contribution in [-0.4, -0.2) is 13.1 Å². The summed E-state index contributed by atoms with van der Waals surface area (Å²) in [7, 11) is 1.33. The van der Waals surface area contributed by atoms with E-state index in [0.717, 1.165) is 10.0 Å². The van der Waals surface area contributed by atoms with E-state index >= 15 is 0 Å². The summed E-state index contributed by atoms with van der Waals surface area (Å²) >= 11 is 6.68. The van der Waals surface area contributed by atoms with Gasteiger partial charge in [-0.3, -0.25) is 0 Å². The van der Waals surface area contributed by atoms with Crippen LogP contribution in [0.1, 0.15) is 15.9 Å². The number of carbonyl (C=O) groups is 1. The van der Waals surface area contributed by atoms with Crippen molar-refractivity contribution < 1.29 is 18.7 Å². The maximum Gasteiger partial charge on any atom is 0.337 e. The number of methoxy groups -OCH3 is 1. The van der Waals surface area contributed by atoms with E-state index in [1.54, 1.807) is 24.3 Å². The molecule has 0 aliphatic heterocycles. The molecule has 0 atom stereocenters. The summed E-state index contributed by atoms with van der Waals surface area (Å²) in [5, 5.41) is 0. The average molecular weight is 418 g/mol. The van der Waals surface area contributed by atoms with E-state index in [1.165, 1.54) is 19.2 Å². The molecular weight excluding hydrogens is 407 g/mol. The number of hydrogen-bond acceptors (Lipinski definition) is 3. The van der Waals surface area contributed by atoms with Gasteiger partial charge in [0.05, 0.1) is 17.1 Å². The van der Waals surface area contributed by atoms with Gasteiger partial charge >= 0.3 is 5.97 Å². The zero-order valence-corrected chi connectivity index (χ0v) is 14.2. The van der Waals surface area contributed by atoms with Gasteiger partial charge in [0.25, 0.3) is 0 Å². The number of ether oxygens (including phenoxy) is 2. The smallest absolute Gasteiger partial charge is 0.337 e. The molecule has 0 amide bonds. The molecule has 0 fully saturated rings. The maximum atomic E-state index is 13.2. The Balaban J connectivity index is 2.13. The van der Waals surface area contributed by atoms with Gasteiger partial charge in [0.15, 0.2) is 0 Å². The van der Waals surface area contributed by atoms with Crippen LogP contribution in [0.5, 0.6) is 5.75 Å². The van der Waals surface area contributed by atoms with E-state index in [-0.39, 0.29) is 12.4 Å². The fourth-order valence-corrected chi connectivity index (χ4v) is 2.51. The monoisotopic (exact) mass is 416 g/mol. The van der Waals surface area contributed by atoms with Crippen LogP contribution in [-0.2, 0) is 11.3 Å². The van der Waals surface area contributed by atoms with Crippen LogP contribution < -0.4 is 4.74 Å². The topological polar surface area (TPSA) is 35.5 Å². The Morgan fingerprint density at radius 1 is 1.14 bits per heavy atom. The lowest BCUT2D eigenvalue weighted by molar-refractivity contribution is 0.0600. The van der Waals surface area contributed by atoms with Gasteiger partial charge in [0.2, 0.25) is 0 Å². The second-order valence-electron chi connectivity index (χ2n) is 4.16. The Kier molecular flexibility index (Phi) is 5.36. The highest BCUT2D eigenvalue weighted by molar-refractivity contribution is 9.10. The molecule has 0 saturated carbocycles. The highest BCUT2D eigenvalue weighted by Gasteiger charge is 2.10. The van der Waals surface area contributed by atoms with Crippen LogP contribution in [0, 0.1) is 5.82 Å². The van der Waals surface area contributed by atoms with Gasteiger partial charge in [-0.05, 0) is 40.2 Å². The second kappa shape index (κ2) is 7.04. The van der Waals surface area contributed by atoms with Crippen molar-refractivity contribution in [2.24, 2.45) is 0 Å². The highest BCUT2D eigenvalue weighted by atomic mass is 79.9. The van der Waals surface area contributed by atoms with Crippen LogP contribution in [0.3, 0.4) is 0 Å². The van der Waals surface area contributed by atoms with Crippen LogP contribution >= 0.6 is 31.9 Å². The summed E-state index contributed by atoms with van der Waals surface area (Å²) in [6.45, 7) is 0.240. The number of hydrogen-bond donors (Lipinski definition) is 0. The molecule has 2 aromatic carbocycles. The van der Waals surface area contributed by atoms with Gasteiger partial charge in [0, 0.05) is 16.1 Å². The largest absolute Gasteiger partial charge is 0.488 e. The molecule has 21 heavy (non-hydrogen) atoms. The van der Waals surface area contributed by atoms with Gasteiger partial charge in [0.1, 0.15) is 18.2 Å². The summed E-state index contributed by atoms with van der Waals surface area (Å²) in [4.78, 5) is 11.4. The van der Waals surface area contributed by atoms with Gasteiger partial charge in [-0.25, -0.2) is 9.18 Å².